The number of halogens is 2. The number of aromatic nitrogens is 5. The predicted molar refractivity (Wildman–Crippen MR) is 159 cm³/mol. The van der Waals surface area contributed by atoms with Crippen molar-refractivity contribution in [2.24, 2.45) is 0 Å². The van der Waals surface area contributed by atoms with Crippen LogP contribution in [0.2, 0.25) is 0 Å². The Labute approximate surface area is 265 Å². The molecule has 0 amide bonds. The lowest BCUT2D eigenvalue weighted by atomic mass is 10.1. The fourth-order valence-corrected chi connectivity index (χ4v) is 6.65. The maximum Gasteiger partial charge on any atom is 0.436 e. The van der Waals surface area contributed by atoms with Gasteiger partial charge in [-0.25, -0.2) is 9.25 Å². The first kappa shape index (κ1) is 40.5. The van der Waals surface area contributed by atoms with Gasteiger partial charge in [-0.05, 0) is 37.0 Å². The maximum atomic E-state index is 12.2. The average Bonchev–Trinajstić information content (AvgIpc) is 3.61. The number of imidazole rings is 1. The monoisotopic (exact) mass is 714 g/mol. The van der Waals surface area contributed by atoms with E-state index in [1.165, 1.54) is 27.8 Å². The molecular formula is C24H34F2N6O11S3. The molecule has 3 heterocycles. The van der Waals surface area contributed by atoms with Gasteiger partial charge in [-0.15, -0.1) is 29.8 Å². The minimum atomic E-state index is -4.34. The van der Waals surface area contributed by atoms with Crippen LogP contribution in [0.15, 0.2) is 18.6 Å². The van der Waals surface area contributed by atoms with Crippen molar-refractivity contribution in [3.63, 3.8) is 0 Å². The number of alkyl halides is 2. The van der Waals surface area contributed by atoms with Crippen LogP contribution in [0.3, 0.4) is 0 Å². The third-order valence-electron chi connectivity index (χ3n) is 6.13. The number of hydrogen-bond donors (Lipinski definition) is 2. The topological polar surface area (TPSA) is 244 Å². The van der Waals surface area contributed by atoms with E-state index in [1.807, 2.05) is 0 Å². The van der Waals surface area contributed by atoms with Gasteiger partial charge in [-0.3, -0.25) is 22.1 Å². The Hall–Kier alpha value is -3.54. The van der Waals surface area contributed by atoms with Gasteiger partial charge in [-0.2, -0.15) is 25.3 Å². The van der Waals surface area contributed by atoms with Crippen LogP contribution in [-0.2, 0) is 47.6 Å². The standard InChI is InChI=1S/C11H15FN6O5S.C7H10O3S.C6H9FO3S/c12-3-1-2-10(24(21,22)23)6-9-7-17(15-14-9)8-16-5-4-13-11(16)18(19)20;1-2-4-7-5-3-6-10-11(7,8)9;1-2-3-6(4-5-7)11(8,9)10/h4-5,7,10H,1-3,6,8H2,(H,21,22,23);1,7H,3-6H2;1,6H,3-5H2,(H,8,9,10)/i12-1;;7-1. The predicted octanol–water partition coefficient (Wildman–Crippen LogP) is 1.58. The fraction of sp³-hybridized carbons (Fsp3) is 0.625. The molecule has 3 unspecified atom stereocenters. The van der Waals surface area contributed by atoms with Gasteiger partial charge in [0.05, 0.1) is 47.6 Å². The van der Waals surface area contributed by atoms with Crippen LogP contribution >= 0.6 is 0 Å². The molecule has 2 N–H and O–H groups in total. The third kappa shape index (κ3) is 14.3. The van der Waals surface area contributed by atoms with Gasteiger partial charge in [0.1, 0.15) is 12.4 Å². The van der Waals surface area contributed by atoms with Crippen molar-refractivity contribution in [1.82, 2.24) is 24.5 Å². The molecule has 258 valence electrons. The molecule has 0 radical (unpaired) electrons. The SMILES string of the molecule is C#CCC(CC[18F])S(=O)(=O)O.C#CCC1CCCOS1(=O)=O.O=[N+]([O-])c1nccn1Cn1cc(CC(CCC[18F])S(=O)(=O)O)nn1. The van der Waals surface area contributed by atoms with Crippen LogP contribution in [-0.4, -0.2) is 99.5 Å². The Morgan fingerprint density at radius 1 is 1.13 bits per heavy atom. The second kappa shape index (κ2) is 19.2. The first-order chi connectivity index (χ1) is 21.5. The highest BCUT2D eigenvalue weighted by molar-refractivity contribution is 7.87. The molecule has 3 atom stereocenters. The lowest BCUT2D eigenvalue weighted by Crippen LogP contribution is -2.28. The van der Waals surface area contributed by atoms with E-state index in [0.717, 1.165) is 6.42 Å². The summed E-state index contributed by atoms with van der Waals surface area (Å²) in [5.41, 5.74) is 0.263. The summed E-state index contributed by atoms with van der Waals surface area (Å²) in [6, 6.07) is 0. The maximum absolute atomic E-state index is 12.2. The molecule has 0 bridgehead atoms. The van der Waals surface area contributed by atoms with Crippen LogP contribution in [0, 0.1) is 34.8 Å². The van der Waals surface area contributed by atoms with Gasteiger partial charge < -0.3 is 10.1 Å². The molecule has 1 fully saturated rings. The molecule has 0 spiro atoms. The van der Waals surface area contributed by atoms with Crippen molar-refractivity contribution in [3.8, 4) is 24.7 Å². The van der Waals surface area contributed by atoms with E-state index < -0.39 is 64.4 Å². The van der Waals surface area contributed by atoms with Gasteiger partial charge in [-0.1, -0.05) is 10.2 Å². The van der Waals surface area contributed by atoms with Crippen LogP contribution in [0.25, 0.3) is 0 Å². The van der Waals surface area contributed by atoms with Crippen LogP contribution in [0.4, 0.5) is 14.7 Å². The molecule has 1 aliphatic heterocycles. The largest absolute Gasteiger partial charge is 0.436 e. The number of nitro groups is 1. The zero-order valence-corrected chi connectivity index (χ0v) is 26.8. The first-order valence-electron chi connectivity index (χ1n) is 13.3. The molecule has 2 aromatic rings. The molecular weight excluding hydrogens is 680 g/mol. The summed E-state index contributed by atoms with van der Waals surface area (Å²) in [5, 5.41) is 15.5. The van der Waals surface area contributed by atoms with Crippen LogP contribution < -0.4 is 0 Å². The van der Waals surface area contributed by atoms with E-state index in [-0.39, 0.29) is 56.8 Å². The van der Waals surface area contributed by atoms with Crippen molar-refractivity contribution in [1.29, 1.82) is 0 Å². The third-order valence-corrected chi connectivity index (χ3v) is 10.3. The van der Waals surface area contributed by atoms with Crippen molar-refractivity contribution >= 4 is 36.3 Å². The molecule has 1 saturated heterocycles. The van der Waals surface area contributed by atoms with Crippen molar-refractivity contribution in [2.45, 2.75) is 73.8 Å². The Bertz CT molecular complexity index is 1650. The van der Waals surface area contributed by atoms with E-state index >= 15 is 0 Å². The lowest BCUT2D eigenvalue weighted by molar-refractivity contribution is -0.396. The quantitative estimate of drug-likeness (QED) is 0.0928. The highest BCUT2D eigenvalue weighted by Crippen LogP contribution is 2.20. The van der Waals surface area contributed by atoms with E-state index in [2.05, 4.69) is 31.3 Å². The molecule has 0 saturated carbocycles. The summed E-state index contributed by atoms with van der Waals surface area (Å²) in [4.78, 5) is 13.7. The zero-order chi connectivity index (χ0) is 35.0. The van der Waals surface area contributed by atoms with E-state index in [1.54, 1.807) is 0 Å². The smallest absolute Gasteiger partial charge is 0.390 e. The van der Waals surface area contributed by atoms with E-state index in [0.29, 0.717) is 13.0 Å². The minimum Gasteiger partial charge on any atom is -0.390 e. The van der Waals surface area contributed by atoms with Gasteiger partial charge in [0, 0.05) is 19.3 Å². The second-order valence-electron chi connectivity index (χ2n) is 9.53. The van der Waals surface area contributed by atoms with Crippen molar-refractivity contribution in [3.05, 3.63) is 34.4 Å². The van der Waals surface area contributed by atoms with Gasteiger partial charge in [0.15, 0.2) is 6.67 Å². The molecule has 17 nitrogen and oxygen atoms in total. The summed E-state index contributed by atoms with van der Waals surface area (Å²) in [6.07, 6.45) is 15.0. The minimum absolute atomic E-state index is 0.000173. The molecule has 3 rings (SSSR count). The van der Waals surface area contributed by atoms with Crippen molar-refractivity contribution in [2.75, 3.05) is 20.0 Å². The highest BCUT2D eigenvalue weighted by Gasteiger charge is 2.29. The molecule has 1 aliphatic rings. The first-order valence-corrected chi connectivity index (χ1v) is 17.8. The Morgan fingerprint density at radius 3 is 2.33 bits per heavy atom. The number of rotatable bonds is 14. The zero-order valence-electron chi connectivity index (χ0n) is 24.3. The van der Waals surface area contributed by atoms with Crippen LogP contribution in [0.5, 0.6) is 0 Å². The Balaban J connectivity index is 0.000000399. The van der Waals surface area contributed by atoms with E-state index in [9.17, 15) is 48.7 Å². The number of nitrogens with zero attached hydrogens (tertiary/aromatic N) is 6. The molecule has 0 aliphatic carbocycles. The number of terminal acetylenes is 2. The fourth-order valence-electron chi connectivity index (χ4n) is 3.81. The van der Waals surface area contributed by atoms with Gasteiger partial charge in [0.2, 0.25) is 0 Å². The summed E-state index contributed by atoms with van der Waals surface area (Å²) < 4.78 is 114. The Morgan fingerprint density at radius 2 is 1.80 bits per heavy atom. The number of hydrogen-bond acceptors (Lipinski definition) is 12. The lowest BCUT2D eigenvalue weighted by Gasteiger charge is -2.19. The Kier molecular flexibility index (Phi) is 16.9. The van der Waals surface area contributed by atoms with Gasteiger partial charge >= 0.3 is 5.95 Å². The average molecular weight is 715 g/mol. The molecule has 22 heteroatoms. The summed E-state index contributed by atoms with van der Waals surface area (Å²) >= 11 is 0. The summed E-state index contributed by atoms with van der Waals surface area (Å²) in [5.74, 6) is 4.02. The summed E-state index contributed by atoms with van der Waals surface area (Å²) in [7, 11) is -11.8. The summed E-state index contributed by atoms with van der Waals surface area (Å²) in [6.45, 7) is -1.22. The molecule has 0 aromatic carbocycles. The highest BCUT2D eigenvalue weighted by atomic mass is 32.2. The normalized spacial score (nSPS) is 17.1. The molecule has 2 aromatic heterocycles. The molecule has 46 heavy (non-hydrogen) atoms. The van der Waals surface area contributed by atoms with E-state index in [4.69, 9.17) is 17.4 Å². The van der Waals surface area contributed by atoms with Crippen LogP contribution in [0.1, 0.15) is 50.6 Å². The second-order valence-corrected chi connectivity index (χ2v) is 14.8. The van der Waals surface area contributed by atoms with Crippen molar-refractivity contribution < 1.29 is 52.2 Å². The van der Waals surface area contributed by atoms with Gasteiger partial charge in [0.25, 0.3) is 30.4 Å².